The van der Waals surface area contributed by atoms with Crippen molar-refractivity contribution in [2.75, 3.05) is 11.5 Å². The fraction of sp³-hybridized carbons (Fsp3) is 0.533. The molecule has 2 aromatic rings. The Balaban J connectivity index is 1.48. The second-order valence-corrected chi connectivity index (χ2v) is 35.8. The van der Waals surface area contributed by atoms with Crippen molar-refractivity contribution >= 4 is 45.4 Å². The van der Waals surface area contributed by atoms with Crippen LogP contribution < -0.4 is 0 Å². The number of esters is 2. The average Bonchev–Trinajstić information content (AvgIpc) is 2.93. The molecule has 2 fully saturated rings. The van der Waals surface area contributed by atoms with Gasteiger partial charge in [0.1, 0.15) is 0 Å². The van der Waals surface area contributed by atoms with Gasteiger partial charge in [-0.2, -0.15) is 0 Å². The van der Waals surface area contributed by atoms with E-state index in [9.17, 15) is 9.59 Å². The number of hydrogen-bond donors (Lipinski definition) is 0. The maximum absolute atomic E-state index is 13.0. The third kappa shape index (κ3) is 10.2. The molecule has 0 aliphatic heterocycles. The van der Waals surface area contributed by atoms with Crippen LogP contribution in [0.15, 0.2) is 60.7 Å². The summed E-state index contributed by atoms with van der Waals surface area (Å²) in [6.07, 6.45) is 11.2. The zero-order valence-electron chi connectivity index (χ0n) is 21.8. The second-order valence-electron chi connectivity index (χ2n) is 10.3. The number of hydrogen-bond acceptors (Lipinski definition) is 6. The molecule has 2 saturated carbocycles. The molecule has 0 saturated heterocycles. The van der Waals surface area contributed by atoms with Gasteiger partial charge in [0.15, 0.2) is 0 Å². The summed E-state index contributed by atoms with van der Waals surface area (Å²) in [5.41, 5.74) is 2.58. The third-order valence-corrected chi connectivity index (χ3v) is 34.6. The first-order valence-corrected chi connectivity index (χ1v) is 26.8. The van der Waals surface area contributed by atoms with E-state index >= 15 is 0 Å². The Hall–Kier alpha value is -1.12. The van der Waals surface area contributed by atoms with E-state index in [2.05, 4.69) is 48.5 Å². The van der Waals surface area contributed by atoms with Crippen molar-refractivity contribution in [3.63, 3.8) is 0 Å². The van der Waals surface area contributed by atoms with E-state index < -0.39 is 15.6 Å². The fourth-order valence-electron chi connectivity index (χ4n) is 5.31. The topological polar surface area (TPSA) is 52.6 Å². The number of carbonyl (C=O) groups is 2. The van der Waals surface area contributed by atoms with Gasteiger partial charge in [-0.25, -0.2) is 0 Å². The summed E-state index contributed by atoms with van der Waals surface area (Å²) < 4.78 is 13.7. The van der Waals surface area contributed by atoms with E-state index in [1.54, 1.807) is 0 Å². The molecule has 4 nitrogen and oxygen atoms in total. The Kier molecular flexibility index (Phi) is 12.1. The fourth-order valence-corrected chi connectivity index (χ4v) is 31.2. The number of rotatable bonds is 12. The van der Waals surface area contributed by atoms with Crippen molar-refractivity contribution in [3.8, 4) is 0 Å². The zero-order valence-corrected chi connectivity index (χ0v) is 26.3. The minimum atomic E-state index is -3.28. The van der Waals surface area contributed by atoms with Crippen LogP contribution in [0, 0.1) is 0 Å². The first-order chi connectivity index (χ1) is 18.1. The van der Waals surface area contributed by atoms with E-state index in [0.717, 1.165) is 60.2 Å². The van der Waals surface area contributed by atoms with Gasteiger partial charge in [-0.05, 0) is 0 Å². The molecule has 0 N–H and O–H groups in total. The van der Waals surface area contributed by atoms with E-state index in [1.807, 2.05) is 30.0 Å². The number of carbonyl (C=O) groups excluding carboxylic acids is 2. The summed E-state index contributed by atoms with van der Waals surface area (Å²) in [5, 5.41) is 0. The molecule has 0 amide bonds. The summed E-state index contributed by atoms with van der Waals surface area (Å²) >= 11 is -3.28. The van der Waals surface area contributed by atoms with Crippen LogP contribution in [0.25, 0.3) is 0 Å². The molecule has 0 radical (unpaired) electrons. The molecule has 2 aliphatic rings. The van der Waals surface area contributed by atoms with E-state index in [0.29, 0.717) is 11.5 Å². The standard InChI is InChI=1S/2C8H14O2S.2C7H7.Sn/c2*9-8(6-11)10-7-4-2-1-3-5-7;2*1-7-5-3-2-4-6-7;/h2*7,11H,1-6H2;2*2-6H,1H2;/q;;;;+2/p-2. The van der Waals surface area contributed by atoms with Gasteiger partial charge in [-0.1, -0.05) is 0 Å². The van der Waals surface area contributed by atoms with Crippen LogP contribution in [-0.2, 0) is 27.9 Å². The van der Waals surface area contributed by atoms with Gasteiger partial charge in [0.25, 0.3) is 0 Å². The second kappa shape index (κ2) is 15.5. The summed E-state index contributed by atoms with van der Waals surface area (Å²) in [6.45, 7) is 0. The maximum atomic E-state index is 13.0. The van der Waals surface area contributed by atoms with Crippen molar-refractivity contribution < 1.29 is 19.1 Å². The van der Waals surface area contributed by atoms with Gasteiger partial charge >= 0.3 is 233 Å². The quantitative estimate of drug-likeness (QED) is 0.179. The number of benzene rings is 2. The summed E-state index contributed by atoms with van der Waals surface area (Å²) in [5.74, 6) is 0.558. The van der Waals surface area contributed by atoms with Crippen molar-refractivity contribution in [1.82, 2.24) is 0 Å². The molecule has 0 aromatic heterocycles. The van der Waals surface area contributed by atoms with Crippen LogP contribution in [0.2, 0.25) is 0 Å². The molecule has 0 unspecified atom stereocenters. The Morgan fingerprint density at radius 3 is 1.38 bits per heavy atom. The predicted molar refractivity (Wildman–Crippen MR) is 157 cm³/mol. The molecule has 0 spiro atoms. The molecular weight excluding hydrogens is 607 g/mol. The Morgan fingerprint density at radius 2 is 1.00 bits per heavy atom. The van der Waals surface area contributed by atoms with Crippen LogP contribution in [-0.4, -0.2) is 51.3 Å². The molecule has 7 heteroatoms. The van der Waals surface area contributed by atoms with Gasteiger partial charge < -0.3 is 0 Å². The van der Waals surface area contributed by atoms with Crippen LogP contribution in [0.4, 0.5) is 0 Å². The van der Waals surface area contributed by atoms with Gasteiger partial charge in [0, 0.05) is 0 Å². The zero-order chi connectivity index (χ0) is 25.8. The first kappa shape index (κ1) is 28.9. The molecule has 0 heterocycles. The van der Waals surface area contributed by atoms with Gasteiger partial charge in [-0.15, -0.1) is 0 Å². The third-order valence-electron chi connectivity index (χ3n) is 7.24. The molecule has 37 heavy (non-hydrogen) atoms. The van der Waals surface area contributed by atoms with Crippen molar-refractivity contribution in [1.29, 1.82) is 0 Å². The van der Waals surface area contributed by atoms with E-state index in [4.69, 9.17) is 9.47 Å². The molecular formula is C30H40O4S2Sn. The normalized spacial score (nSPS) is 17.3. The molecule has 2 aliphatic carbocycles. The van der Waals surface area contributed by atoms with Gasteiger partial charge in [0.05, 0.1) is 0 Å². The first-order valence-electron chi connectivity index (χ1n) is 13.8. The molecule has 200 valence electrons. The summed E-state index contributed by atoms with van der Waals surface area (Å²) in [7, 11) is 3.67. The van der Waals surface area contributed by atoms with Gasteiger partial charge in [0.2, 0.25) is 0 Å². The van der Waals surface area contributed by atoms with Crippen molar-refractivity contribution in [2.45, 2.75) is 85.3 Å². The Labute approximate surface area is 231 Å². The van der Waals surface area contributed by atoms with Gasteiger partial charge in [-0.3, -0.25) is 0 Å². The average molecular weight is 647 g/mol. The van der Waals surface area contributed by atoms with E-state index in [-0.39, 0.29) is 24.1 Å². The SMILES string of the molecule is O=C(C[S][Sn]([CH2]c1ccccc1)([CH2]c1ccccc1)[S]CC(=O)OC1CCCCC1)OC1CCCCC1. The predicted octanol–water partition coefficient (Wildman–Crippen LogP) is 7.21. The Bertz CT molecular complexity index is 881. The van der Waals surface area contributed by atoms with E-state index in [1.165, 1.54) is 24.0 Å². The minimum absolute atomic E-state index is 0.0767. The van der Waals surface area contributed by atoms with Crippen LogP contribution in [0.3, 0.4) is 0 Å². The van der Waals surface area contributed by atoms with Crippen LogP contribution >= 0.6 is 17.9 Å². The monoisotopic (exact) mass is 648 g/mol. The Morgan fingerprint density at radius 1 is 0.622 bits per heavy atom. The molecule has 0 bridgehead atoms. The number of ether oxygens (including phenoxy) is 2. The van der Waals surface area contributed by atoms with Crippen molar-refractivity contribution in [2.24, 2.45) is 0 Å². The van der Waals surface area contributed by atoms with Crippen molar-refractivity contribution in [3.05, 3.63) is 71.8 Å². The summed E-state index contributed by atoms with van der Waals surface area (Å²) in [6, 6.07) is 21.1. The molecule has 2 aromatic carbocycles. The van der Waals surface area contributed by atoms with Crippen LogP contribution in [0.5, 0.6) is 0 Å². The molecule has 4 rings (SSSR count). The summed E-state index contributed by atoms with van der Waals surface area (Å²) in [4.78, 5) is 25.9. The van der Waals surface area contributed by atoms with Crippen LogP contribution in [0.1, 0.15) is 75.3 Å². The molecule has 0 atom stereocenters.